The van der Waals surface area contributed by atoms with Crippen molar-refractivity contribution in [1.29, 1.82) is 0 Å². The molecule has 0 atom stereocenters. The molecule has 1 aromatic carbocycles. The van der Waals surface area contributed by atoms with Crippen molar-refractivity contribution in [1.82, 2.24) is 10.1 Å². The lowest BCUT2D eigenvalue weighted by molar-refractivity contribution is -0.0858. The van der Waals surface area contributed by atoms with E-state index in [4.69, 9.17) is 9.26 Å². The predicted molar refractivity (Wildman–Crippen MR) is 74.5 cm³/mol. The molecule has 4 rings (SSSR count). The van der Waals surface area contributed by atoms with Crippen LogP contribution in [0.3, 0.4) is 0 Å². The summed E-state index contributed by atoms with van der Waals surface area (Å²) >= 11 is 0. The summed E-state index contributed by atoms with van der Waals surface area (Å²) in [6.07, 6.45) is 4.14. The maximum absolute atomic E-state index is 5.59. The van der Waals surface area contributed by atoms with Gasteiger partial charge in [0.15, 0.2) is 0 Å². The average molecular weight is 271 g/mol. The molecule has 0 spiro atoms. The van der Waals surface area contributed by atoms with E-state index in [2.05, 4.69) is 27.6 Å². The molecule has 5 nitrogen and oxygen atoms in total. The Balaban J connectivity index is 1.68. The average Bonchev–Trinajstić information content (AvgIpc) is 3.06. The molecule has 0 amide bonds. The molecule has 1 aliphatic heterocycles. The number of rotatable bonds is 3. The molecule has 20 heavy (non-hydrogen) atoms. The van der Waals surface area contributed by atoms with E-state index in [1.807, 2.05) is 6.07 Å². The summed E-state index contributed by atoms with van der Waals surface area (Å²) in [7, 11) is 1.72. The molecule has 2 aliphatic rings. The van der Waals surface area contributed by atoms with Crippen molar-refractivity contribution in [3.63, 3.8) is 0 Å². The number of nitrogens with zero attached hydrogens (tertiary/aromatic N) is 2. The summed E-state index contributed by atoms with van der Waals surface area (Å²) in [6.45, 7) is 1.00. The highest BCUT2D eigenvalue weighted by Gasteiger charge is 2.43. The second-order valence-corrected chi connectivity index (χ2v) is 5.52. The van der Waals surface area contributed by atoms with Crippen molar-refractivity contribution >= 4 is 5.69 Å². The van der Waals surface area contributed by atoms with Crippen molar-refractivity contribution in [2.75, 3.05) is 19.0 Å². The molecule has 1 N–H and O–H groups in total. The SMILES string of the molecule is COC1(c2noc(-c3ccc4c(c3)CCN4)n2)CCC1. The third-order valence-corrected chi connectivity index (χ3v) is 4.45. The summed E-state index contributed by atoms with van der Waals surface area (Å²) in [4.78, 5) is 4.55. The van der Waals surface area contributed by atoms with E-state index in [9.17, 15) is 0 Å². The van der Waals surface area contributed by atoms with Gasteiger partial charge in [-0.25, -0.2) is 0 Å². The molecule has 5 heteroatoms. The Bertz CT molecular complexity index is 641. The Morgan fingerprint density at radius 3 is 3.00 bits per heavy atom. The molecule has 1 aromatic heterocycles. The molecule has 2 aromatic rings. The molecule has 1 aliphatic carbocycles. The molecule has 104 valence electrons. The van der Waals surface area contributed by atoms with Crippen molar-refractivity contribution < 1.29 is 9.26 Å². The molecule has 0 bridgehead atoms. The summed E-state index contributed by atoms with van der Waals surface area (Å²) < 4.78 is 11.0. The minimum absolute atomic E-state index is 0.319. The quantitative estimate of drug-likeness (QED) is 0.930. The van der Waals surface area contributed by atoms with Crippen LogP contribution in [0, 0.1) is 0 Å². The first-order valence-corrected chi connectivity index (χ1v) is 7.07. The third-order valence-electron chi connectivity index (χ3n) is 4.45. The van der Waals surface area contributed by atoms with Gasteiger partial charge in [-0.1, -0.05) is 5.16 Å². The first-order chi connectivity index (χ1) is 9.81. The van der Waals surface area contributed by atoms with Crippen LogP contribution in [-0.2, 0) is 16.8 Å². The van der Waals surface area contributed by atoms with Crippen LogP contribution >= 0.6 is 0 Å². The van der Waals surface area contributed by atoms with Gasteiger partial charge in [-0.05, 0) is 49.4 Å². The summed E-state index contributed by atoms with van der Waals surface area (Å²) in [5.41, 5.74) is 3.19. The van der Waals surface area contributed by atoms with Gasteiger partial charge in [0.25, 0.3) is 5.89 Å². The Morgan fingerprint density at radius 2 is 2.25 bits per heavy atom. The van der Waals surface area contributed by atoms with Crippen LogP contribution in [0.4, 0.5) is 5.69 Å². The number of anilines is 1. The molecule has 1 fully saturated rings. The van der Waals surface area contributed by atoms with Crippen LogP contribution in [0.25, 0.3) is 11.5 Å². The van der Waals surface area contributed by atoms with Crippen LogP contribution in [0.5, 0.6) is 0 Å². The number of hydrogen-bond donors (Lipinski definition) is 1. The Hall–Kier alpha value is -1.88. The standard InChI is InChI=1S/C15H17N3O2/c1-19-15(6-2-7-15)14-17-13(20-18-14)11-3-4-12-10(9-11)5-8-16-12/h3-4,9,16H,2,5-8H2,1H3. The smallest absolute Gasteiger partial charge is 0.258 e. The van der Waals surface area contributed by atoms with Crippen LogP contribution in [-0.4, -0.2) is 23.8 Å². The lowest BCUT2D eigenvalue weighted by Gasteiger charge is -2.37. The maximum atomic E-state index is 5.59. The fraction of sp³-hybridized carbons (Fsp3) is 0.467. The normalized spacial score (nSPS) is 19.2. The van der Waals surface area contributed by atoms with Gasteiger partial charge in [0.2, 0.25) is 5.82 Å². The lowest BCUT2D eigenvalue weighted by Crippen LogP contribution is -2.37. The van der Waals surface area contributed by atoms with Gasteiger partial charge in [-0.2, -0.15) is 4.98 Å². The van der Waals surface area contributed by atoms with E-state index in [1.54, 1.807) is 7.11 Å². The number of aromatic nitrogens is 2. The van der Waals surface area contributed by atoms with E-state index in [0.29, 0.717) is 11.7 Å². The molecule has 0 radical (unpaired) electrons. The Labute approximate surface area is 117 Å². The molecule has 0 unspecified atom stereocenters. The zero-order chi connectivity index (χ0) is 13.6. The Morgan fingerprint density at radius 1 is 1.35 bits per heavy atom. The highest BCUT2D eigenvalue weighted by molar-refractivity contribution is 5.65. The minimum atomic E-state index is -0.319. The zero-order valence-corrected chi connectivity index (χ0v) is 11.5. The minimum Gasteiger partial charge on any atom is -0.384 e. The first-order valence-electron chi connectivity index (χ1n) is 7.07. The Kier molecular flexibility index (Phi) is 2.57. The second-order valence-electron chi connectivity index (χ2n) is 5.52. The zero-order valence-electron chi connectivity index (χ0n) is 11.5. The predicted octanol–water partition coefficient (Wildman–Crippen LogP) is 2.73. The fourth-order valence-electron chi connectivity index (χ4n) is 2.98. The van der Waals surface area contributed by atoms with Crippen molar-refractivity contribution in [3.05, 3.63) is 29.6 Å². The number of ether oxygens (including phenoxy) is 1. The lowest BCUT2D eigenvalue weighted by atomic mass is 9.79. The maximum Gasteiger partial charge on any atom is 0.258 e. The van der Waals surface area contributed by atoms with E-state index >= 15 is 0 Å². The van der Waals surface area contributed by atoms with Crippen molar-refractivity contribution in [2.45, 2.75) is 31.3 Å². The van der Waals surface area contributed by atoms with E-state index < -0.39 is 0 Å². The largest absolute Gasteiger partial charge is 0.384 e. The molecule has 1 saturated carbocycles. The van der Waals surface area contributed by atoms with Crippen LogP contribution in [0.15, 0.2) is 22.7 Å². The van der Waals surface area contributed by atoms with Crippen LogP contribution in [0.2, 0.25) is 0 Å². The molecular weight excluding hydrogens is 254 g/mol. The number of methoxy groups -OCH3 is 1. The van der Waals surface area contributed by atoms with E-state index in [1.165, 1.54) is 11.3 Å². The molecule has 0 saturated heterocycles. The number of nitrogens with one attached hydrogen (secondary N) is 1. The number of fused-ring (bicyclic) bond motifs is 1. The molecule has 2 heterocycles. The fourth-order valence-corrected chi connectivity index (χ4v) is 2.98. The topological polar surface area (TPSA) is 60.2 Å². The van der Waals surface area contributed by atoms with Gasteiger partial charge in [0.05, 0.1) is 0 Å². The van der Waals surface area contributed by atoms with Gasteiger partial charge in [-0.3, -0.25) is 0 Å². The van der Waals surface area contributed by atoms with Gasteiger partial charge in [0, 0.05) is 24.9 Å². The number of hydrogen-bond acceptors (Lipinski definition) is 5. The highest BCUT2D eigenvalue weighted by atomic mass is 16.5. The van der Waals surface area contributed by atoms with Crippen LogP contribution in [0.1, 0.15) is 30.7 Å². The highest BCUT2D eigenvalue weighted by Crippen LogP contribution is 2.43. The van der Waals surface area contributed by atoms with Crippen LogP contribution < -0.4 is 5.32 Å². The summed E-state index contributed by atoms with van der Waals surface area (Å²) in [5, 5.41) is 7.47. The van der Waals surface area contributed by atoms with E-state index in [0.717, 1.165) is 37.8 Å². The van der Waals surface area contributed by atoms with Gasteiger partial charge in [-0.15, -0.1) is 0 Å². The van der Waals surface area contributed by atoms with Gasteiger partial charge < -0.3 is 14.6 Å². The first kappa shape index (κ1) is 11.9. The van der Waals surface area contributed by atoms with E-state index in [-0.39, 0.29) is 5.60 Å². The van der Waals surface area contributed by atoms with Crippen molar-refractivity contribution in [3.8, 4) is 11.5 Å². The number of benzene rings is 1. The monoisotopic (exact) mass is 271 g/mol. The third kappa shape index (κ3) is 1.66. The molecular formula is C15H17N3O2. The second kappa shape index (κ2) is 4.31. The summed E-state index contributed by atoms with van der Waals surface area (Å²) in [5.74, 6) is 1.26. The summed E-state index contributed by atoms with van der Waals surface area (Å²) in [6, 6.07) is 6.23. The van der Waals surface area contributed by atoms with Gasteiger partial charge >= 0.3 is 0 Å². The van der Waals surface area contributed by atoms with Gasteiger partial charge in [0.1, 0.15) is 5.60 Å². The van der Waals surface area contributed by atoms with Crippen molar-refractivity contribution in [2.24, 2.45) is 0 Å².